The second-order valence-corrected chi connectivity index (χ2v) is 11.0. The number of carbonyl (C=O) groups excluding carboxylic acids is 3. The number of piperidine rings is 1. The highest BCUT2D eigenvalue weighted by atomic mass is 35.5. The number of halogens is 2. The molecule has 2 unspecified atom stereocenters. The molecule has 1 aliphatic carbocycles. The molecule has 12 heteroatoms. The van der Waals surface area contributed by atoms with E-state index in [0.29, 0.717) is 50.2 Å². The number of nitrogens with one attached hydrogen (secondary N) is 1. The highest BCUT2D eigenvalue weighted by Crippen LogP contribution is 2.40. The Kier molecular flexibility index (Phi) is 11.0. The first-order valence-electron chi connectivity index (χ1n) is 12.6. The Morgan fingerprint density at radius 1 is 1.24 bits per heavy atom. The standard InChI is InChI=1S/C26H32FN5O4S.ClH/c1-17(33)37-23-11-13-31(25(26(35)18-9-10-18)21-6-2-3-7-22(21)27)15-19(23)14-20-16-32(30-28-20)12-5-4-8-24(34)29-36;/h2-3,6-7,14,16,18,23,25,36H,4-5,8-13,15H2,1H3,(H,29,34);1H/b19-14-;. The van der Waals surface area contributed by atoms with Crippen LogP contribution in [-0.4, -0.2) is 60.2 Å². The third-order valence-electron chi connectivity index (χ3n) is 6.66. The van der Waals surface area contributed by atoms with Gasteiger partial charge in [0.2, 0.25) is 5.91 Å². The van der Waals surface area contributed by atoms with Gasteiger partial charge in [0.15, 0.2) is 10.9 Å². The molecule has 206 valence electrons. The van der Waals surface area contributed by atoms with E-state index in [0.717, 1.165) is 18.4 Å². The molecule has 0 radical (unpaired) electrons. The predicted molar refractivity (Wildman–Crippen MR) is 144 cm³/mol. The number of amides is 1. The fourth-order valence-electron chi connectivity index (χ4n) is 4.69. The summed E-state index contributed by atoms with van der Waals surface area (Å²) in [5, 5.41) is 16.9. The predicted octanol–water partition coefficient (Wildman–Crippen LogP) is 3.97. The average Bonchev–Trinajstić information content (AvgIpc) is 3.64. The van der Waals surface area contributed by atoms with Crippen molar-refractivity contribution in [3.8, 4) is 0 Å². The number of rotatable bonds is 11. The molecule has 9 nitrogen and oxygen atoms in total. The molecule has 2 atom stereocenters. The first kappa shape index (κ1) is 29.9. The minimum Gasteiger partial charge on any atom is -0.297 e. The van der Waals surface area contributed by atoms with Crippen LogP contribution in [-0.2, 0) is 20.9 Å². The van der Waals surface area contributed by atoms with Crippen LogP contribution in [0.1, 0.15) is 62.7 Å². The van der Waals surface area contributed by atoms with Crippen molar-refractivity contribution in [3.63, 3.8) is 0 Å². The van der Waals surface area contributed by atoms with Crippen molar-refractivity contribution >= 4 is 47.1 Å². The molecule has 2 aliphatic rings. The fraction of sp³-hybridized carbons (Fsp3) is 0.500. The number of benzene rings is 1. The van der Waals surface area contributed by atoms with E-state index in [1.807, 2.05) is 11.0 Å². The zero-order valence-electron chi connectivity index (χ0n) is 21.2. The lowest BCUT2D eigenvalue weighted by atomic mass is 9.93. The largest absolute Gasteiger partial charge is 0.297 e. The molecule has 1 amide bonds. The van der Waals surface area contributed by atoms with E-state index in [2.05, 4.69) is 10.3 Å². The molecule has 38 heavy (non-hydrogen) atoms. The Bertz CT molecular complexity index is 1170. The number of nitrogens with zero attached hydrogens (tertiary/aromatic N) is 4. The molecule has 0 spiro atoms. The summed E-state index contributed by atoms with van der Waals surface area (Å²) in [6.45, 7) is 3.11. The quantitative estimate of drug-likeness (QED) is 0.239. The lowest BCUT2D eigenvalue weighted by Gasteiger charge is -2.38. The van der Waals surface area contributed by atoms with Crippen LogP contribution in [0.5, 0.6) is 0 Å². The van der Waals surface area contributed by atoms with Crippen LogP contribution in [0, 0.1) is 11.7 Å². The summed E-state index contributed by atoms with van der Waals surface area (Å²) in [6, 6.07) is 5.81. The number of Topliss-reactive ketones (excluding diaryl/α,β-unsaturated/α-hetero) is 1. The number of hydrogen-bond acceptors (Lipinski definition) is 8. The van der Waals surface area contributed by atoms with Crippen LogP contribution < -0.4 is 5.48 Å². The molecule has 1 saturated heterocycles. The highest BCUT2D eigenvalue weighted by molar-refractivity contribution is 8.14. The Balaban J connectivity index is 0.00000400. The van der Waals surface area contributed by atoms with Gasteiger partial charge in [-0.1, -0.05) is 35.2 Å². The Morgan fingerprint density at radius 3 is 2.68 bits per heavy atom. The number of aromatic nitrogens is 3. The smallest absolute Gasteiger partial charge is 0.243 e. The topological polar surface area (TPSA) is 117 Å². The van der Waals surface area contributed by atoms with Crippen molar-refractivity contribution in [2.45, 2.75) is 63.3 Å². The zero-order valence-corrected chi connectivity index (χ0v) is 22.8. The maximum atomic E-state index is 14.8. The average molecular weight is 566 g/mol. The molecule has 2 fully saturated rings. The molecular formula is C26H33ClFN5O4S. The van der Waals surface area contributed by atoms with Crippen molar-refractivity contribution in [1.29, 1.82) is 0 Å². The lowest BCUT2D eigenvalue weighted by Crippen LogP contribution is -2.43. The van der Waals surface area contributed by atoms with Crippen LogP contribution >= 0.6 is 24.2 Å². The van der Waals surface area contributed by atoms with Gasteiger partial charge < -0.3 is 0 Å². The summed E-state index contributed by atoms with van der Waals surface area (Å²) in [5.41, 5.74) is 3.60. The fourth-order valence-corrected chi connectivity index (χ4v) is 5.61. The first-order valence-corrected chi connectivity index (χ1v) is 13.5. The normalized spacial score (nSPS) is 19.6. The van der Waals surface area contributed by atoms with Crippen molar-refractivity contribution < 1.29 is 24.0 Å². The lowest BCUT2D eigenvalue weighted by molar-refractivity contribution is -0.129. The summed E-state index contributed by atoms with van der Waals surface area (Å²) in [4.78, 5) is 38.5. The summed E-state index contributed by atoms with van der Waals surface area (Å²) >= 11 is 1.26. The number of likely N-dealkylation sites (tertiary alicyclic amines) is 1. The van der Waals surface area contributed by atoms with E-state index in [1.54, 1.807) is 41.5 Å². The number of ketones is 1. The minimum absolute atomic E-state index is 0. The number of carbonyl (C=O) groups is 3. The second-order valence-electron chi connectivity index (χ2n) is 9.58. The van der Waals surface area contributed by atoms with Gasteiger partial charge in [-0.25, -0.2) is 9.87 Å². The Morgan fingerprint density at radius 2 is 2.00 bits per heavy atom. The third-order valence-corrected chi connectivity index (χ3v) is 7.81. The van der Waals surface area contributed by atoms with E-state index in [9.17, 15) is 18.8 Å². The molecule has 1 saturated carbocycles. The van der Waals surface area contributed by atoms with E-state index in [4.69, 9.17) is 5.21 Å². The van der Waals surface area contributed by atoms with E-state index in [-0.39, 0.29) is 46.7 Å². The summed E-state index contributed by atoms with van der Waals surface area (Å²) < 4.78 is 16.5. The maximum Gasteiger partial charge on any atom is 0.243 e. The van der Waals surface area contributed by atoms with Crippen LogP contribution in [0.2, 0.25) is 0 Å². The molecule has 1 aliphatic heterocycles. The van der Waals surface area contributed by atoms with E-state index in [1.165, 1.54) is 17.8 Å². The van der Waals surface area contributed by atoms with Gasteiger partial charge in [-0.2, -0.15) is 0 Å². The van der Waals surface area contributed by atoms with Gasteiger partial charge in [0.1, 0.15) is 11.5 Å². The minimum atomic E-state index is -0.660. The Labute approximate surface area is 231 Å². The number of hydrogen-bond donors (Lipinski definition) is 2. The molecule has 2 aromatic rings. The van der Waals surface area contributed by atoms with Crippen LogP contribution in [0.25, 0.3) is 6.08 Å². The zero-order chi connectivity index (χ0) is 26.4. The summed E-state index contributed by atoms with van der Waals surface area (Å²) in [6.07, 6.45) is 7.57. The number of unbranched alkanes of at least 4 members (excludes halogenated alkanes) is 1. The number of aryl methyl sites for hydroxylation is 1. The van der Waals surface area contributed by atoms with Gasteiger partial charge in [-0.05, 0) is 49.8 Å². The van der Waals surface area contributed by atoms with E-state index >= 15 is 0 Å². The van der Waals surface area contributed by atoms with Gasteiger partial charge >= 0.3 is 0 Å². The number of thioether (sulfide) groups is 1. The van der Waals surface area contributed by atoms with Gasteiger partial charge in [0, 0.05) is 49.7 Å². The molecule has 1 aromatic carbocycles. The summed E-state index contributed by atoms with van der Waals surface area (Å²) in [7, 11) is 0. The third kappa shape index (κ3) is 7.95. The van der Waals surface area contributed by atoms with Gasteiger partial charge in [-0.15, -0.1) is 17.5 Å². The van der Waals surface area contributed by atoms with Crippen molar-refractivity contribution in [2.24, 2.45) is 5.92 Å². The van der Waals surface area contributed by atoms with Crippen molar-refractivity contribution in [3.05, 3.63) is 53.1 Å². The van der Waals surface area contributed by atoms with Crippen LogP contribution in [0.4, 0.5) is 4.39 Å². The van der Waals surface area contributed by atoms with Crippen LogP contribution in [0.15, 0.2) is 36.0 Å². The van der Waals surface area contributed by atoms with Gasteiger partial charge in [-0.3, -0.25) is 29.2 Å². The molecule has 4 rings (SSSR count). The monoisotopic (exact) mass is 565 g/mol. The summed E-state index contributed by atoms with van der Waals surface area (Å²) in [5.74, 6) is -0.770. The molecule has 0 bridgehead atoms. The SMILES string of the molecule is CC(=O)SC1CCN(C(C(=O)C2CC2)c2ccccc2F)C/C1=C/c1cn(CCCCC(=O)NO)nn1.Cl. The van der Waals surface area contributed by atoms with Gasteiger partial charge in [0.05, 0.1) is 12.2 Å². The highest BCUT2D eigenvalue weighted by Gasteiger charge is 2.41. The van der Waals surface area contributed by atoms with E-state index < -0.39 is 11.9 Å². The Hall–Kier alpha value is -2.60. The molecular weight excluding hydrogens is 533 g/mol. The molecule has 2 heterocycles. The molecule has 2 N–H and O–H groups in total. The van der Waals surface area contributed by atoms with Crippen LogP contribution in [0.3, 0.4) is 0 Å². The second kappa shape index (κ2) is 14.0. The molecule has 1 aromatic heterocycles. The number of hydroxylamine groups is 1. The maximum absolute atomic E-state index is 14.8. The first-order chi connectivity index (χ1) is 17.9. The van der Waals surface area contributed by atoms with Crippen molar-refractivity contribution in [2.75, 3.05) is 13.1 Å². The van der Waals surface area contributed by atoms with Gasteiger partial charge in [0.25, 0.3) is 0 Å². The van der Waals surface area contributed by atoms with Crippen molar-refractivity contribution in [1.82, 2.24) is 25.4 Å².